The van der Waals surface area contributed by atoms with Gasteiger partial charge in [-0.25, -0.2) is 0 Å². The standard InChI is InChI=1S/C14H30N2O2/c1-14(11-15,10-13(17-3)18-4)16(2)12-8-6-5-7-9-12/h12-13H,5-11,15H2,1-4H3. The Balaban J connectivity index is 2.65. The first-order chi connectivity index (χ1) is 8.57. The van der Waals surface area contributed by atoms with Crippen molar-refractivity contribution in [3.05, 3.63) is 0 Å². The highest BCUT2D eigenvalue weighted by Crippen LogP contribution is 2.29. The predicted molar refractivity (Wildman–Crippen MR) is 74.5 cm³/mol. The lowest BCUT2D eigenvalue weighted by molar-refractivity contribution is -0.130. The summed E-state index contributed by atoms with van der Waals surface area (Å²) in [4.78, 5) is 2.46. The summed E-state index contributed by atoms with van der Waals surface area (Å²) in [5, 5.41) is 0. The second-order valence-electron chi connectivity index (χ2n) is 5.71. The monoisotopic (exact) mass is 258 g/mol. The van der Waals surface area contributed by atoms with Crippen LogP contribution in [0.4, 0.5) is 0 Å². The molecule has 1 saturated carbocycles. The molecular formula is C14H30N2O2. The third-order valence-corrected chi connectivity index (χ3v) is 4.55. The number of rotatable bonds is 7. The van der Waals surface area contributed by atoms with Crippen molar-refractivity contribution >= 4 is 0 Å². The van der Waals surface area contributed by atoms with Crippen molar-refractivity contribution in [1.29, 1.82) is 0 Å². The van der Waals surface area contributed by atoms with Gasteiger partial charge in [0.2, 0.25) is 0 Å². The van der Waals surface area contributed by atoms with E-state index in [0.717, 1.165) is 6.42 Å². The Morgan fingerprint density at radius 3 is 2.22 bits per heavy atom. The van der Waals surface area contributed by atoms with Crippen LogP contribution in [0.2, 0.25) is 0 Å². The molecule has 0 radical (unpaired) electrons. The molecule has 1 unspecified atom stereocenters. The minimum atomic E-state index is -0.176. The van der Waals surface area contributed by atoms with Gasteiger partial charge in [0, 0.05) is 38.8 Å². The highest BCUT2D eigenvalue weighted by molar-refractivity contribution is 4.91. The smallest absolute Gasteiger partial charge is 0.158 e. The Hall–Kier alpha value is -0.160. The van der Waals surface area contributed by atoms with E-state index in [2.05, 4.69) is 18.9 Å². The Morgan fingerprint density at radius 1 is 1.22 bits per heavy atom. The maximum Gasteiger partial charge on any atom is 0.158 e. The molecular weight excluding hydrogens is 228 g/mol. The molecule has 0 amide bonds. The zero-order valence-corrected chi connectivity index (χ0v) is 12.4. The summed E-state index contributed by atoms with van der Waals surface area (Å²) in [7, 11) is 5.57. The van der Waals surface area contributed by atoms with Gasteiger partial charge in [-0.3, -0.25) is 4.90 Å². The van der Waals surface area contributed by atoms with Crippen LogP contribution in [0.5, 0.6) is 0 Å². The fraction of sp³-hybridized carbons (Fsp3) is 1.00. The van der Waals surface area contributed by atoms with Crippen molar-refractivity contribution in [1.82, 2.24) is 4.90 Å². The van der Waals surface area contributed by atoms with Crippen LogP contribution in [-0.4, -0.2) is 50.6 Å². The molecule has 2 N–H and O–H groups in total. The van der Waals surface area contributed by atoms with Gasteiger partial charge in [0.05, 0.1) is 0 Å². The summed E-state index contributed by atoms with van der Waals surface area (Å²) in [6.07, 6.45) is 7.27. The maximum absolute atomic E-state index is 6.02. The summed E-state index contributed by atoms with van der Waals surface area (Å²) in [6.45, 7) is 2.84. The molecule has 1 aliphatic carbocycles. The van der Waals surface area contributed by atoms with E-state index in [1.165, 1.54) is 32.1 Å². The minimum Gasteiger partial charge on any atom is -0.356 e. The minimum absolute atomic E-state index is 0.0569. The molecule has 4 heteroatoms. The maximum atomic E-state index is 6.02. The number of hydrogen-bond acceptors (Lipinski definition) is 4. The first-order valence-corrected chi connectivity index (χ1v) is 7.06. The summed E-state index contributed by atoms with van der Waals surface area (Å²) < 4.78 is 10.7. The molecule has 0 aromatic carbocycles. The van der Waals surface area contributed by atoms with Gasteiger partial charge in [-0.2, -0.15) is 0 Å². The van der Waals surface area contributed by atoms with Crippen LogP contribution in [0.15, 0.2) is 0 Å². The van der Waals surface area contributed by atoms with E-state index in [1.807, 2.05) is 0 Å². The number of likely N-dealkylation sites (N-methyl/N-ethyl adjacent to an activating group) is 1. The largest absolute Gasteiger partial charge is 0.356 e. The molecule has 0 heterocycles. The number of hydrogen-bond donors (Lipinski definition) is 1. The van der Waals surface area contributed by atoms with Gasteiger partial charge in [0.15, 0.2) is 6.29 Å². The lowest BCUT2D eigenvalue weighted by Crippen LogP contribution is -2.56. The fourth-order valence-electron chi connectivity index (χ4n) is 2.90. The zero-order valence-electron chi connectivity index (χ0n) is 12.4. The second-order valence-corrected chi connectivity index (χ2v) is 5.71. The number of nitrogens with two attached hydrogens (primary N) is 1. The van der Waals surface area contributed by atoms with Crippen LogP contribution < -0.4 is 5.73 Å². The van der Waals surface area contributed by atoms with E-state index in [0.29, 0.717) is 12.6 Å². The molecule has 0 bridgehead atoms. The van der Waals surface area contributed by atoms with E-state index in [4.69, 9.17) is 15.2 Å². The van der Waals surface area contributed by atoms with Gasteiger partial charge >= 0.3 is 0 Å². The van der Waals surface area contributed by atoms with Crippen LogP contribution in [-0.2, 0) is 9.47 Å². The summed E-state index contributed by atoms with van der Waals surface area (Å²) >= 11 is 0. The van der Waals surface area contributed by atoms with Crippen LogP contribution >= 0.6 is 0 Å². The molecule has 1 aliphatic rings. The van der Waals surface area contributed by atoms with Gasteiger partial charge in [0.25, 0.3) is 0 Å². The quantitative estimate of drug-likeness (QED) is 0.709. The molecule has 108 valence electrons. The molecule has 4 nitrogen and oxygen atoms in total. The van der Waals surface area contributed by atoms with Crippen LogP contribution in [0.1, 0.15) is 45.4 Å². The lowest BCUT2D eigenvalue weighted by Gasteiger charge is -2.45. The van der Waals surface area contributed by atoms with E-state index in [-0.39, 0.29) is 11.8 Å². The molecule has 1 fully saturated rings. The van der Waals surface area contributed by atoms with Crippen molar-refractivity contribution in [3.63, 3.8) is 0 Å². The van der Waals surface area contributed by atoms with Crippen molar-refractivity contribution in [2.75, 3.05) is 27.8 Å². The van der Waals surface area contributed by atoms with Crippen molar-refractivity contribution in [3.8, 4) is 0 Å². The molecule has 1 rings (SSSR count). The molecule has 18 heavy (non-hydrogen) atoms. The molecule has 0 spiro atoms. The first-order valence-electron chi connectivity index (χ1n) is 7.06. The first kappa shape index (κ1) is 15.9. The Kier molecular flexibility index (Phi) is 6.57. The predicted octanol–water partition coefficient (Wildman–Crippen LogP) is 1.98. The average molecular weight is 258 g/mol. The van der Waals surface area contributed by atoms with Gasteiger partial charge in [-0.15, -0.1) is 0 Å². The summed E-state index contributed by atoms with van der Waals surface area (Å²) in [5.74, 6) is 0. The molecule has 0 saturated heterocycles. The molecule has 0 aromatic heterocycles. The highest BCUT2D eigenvalue weighted by Gasteiger charge is 2.35. The Morgan fingerprint density at radius 2 is 1.78 bits per heavy atom. The van der Waals surface area contributed by atoms with Gasteiger partial charge < -0.3 is 15.2 Å². The van der Waals surface area contributed by atoms with Crippen LogP contribution in [0, 0.1) is 0 Å². The zero-order chi connectivity index (χ0) is 13.6. The van der Waals surface area contributed by atoms with Gasteiger partial charge in [-0.05, 0) is 26.8 Å². The van der Waals surface area contributed by atoms with E-state index < -0.39 is 0 Å². The topological polar surface area (TPSA) is 47.7 Å². The van der Waals surface area contributed by atoms with Gasteiger partial charge in [-0.1, -0.05) is 19.3 Å². The summed E-state index contributed by atoms with van der Waals surface area (Å²) in [6, 6.07) is 0.654. The van der Waals surface area contributed by atoms with E-state index in [9.17, 15) is 0 Å². The number of nitrogens with zero attached hydrogens (tertiary/aromatic N) is 1. The Bertz CT molecular complexity index is 228. The highest BCUT2D eigenvalue weighted by atomic mass is 16.7. The lowest BCUT2D eigenvalue weighted by atomic mass is 9.88. The van der Waals surface area contributed by atoms with Crippen molar-refractivity contribution in [2.24, 2.45) is 5.73 Å². The SMILES string of the molecule is COC(CC(C)(CN)N(C)C1CCCCC1)OC. The van der Waals surface area contributed by atoms with Gasteiger partial charge in [0.1, 0.15) is 0 Å². The molecule has 0 aromatic rings. The number of ether oxygens (including phenoxy) is 2. The molecule has 1 atom stereocenters. The van der Waals surface area contributed by atoms with Crippen LogP contribution in [0.3, 0.4) is 0 Å². The van der Waals surface area contributed by atoms with E-state index >= 15 is 0 Å². The average Bonchev–Trinajstić information content (AvgIpc) is 2.44. The van der Waals surface area contributed by atoms with E-state index in [1.54, 1.807) is 14.2 Å². The van der Waals surface area contributed by atoms with Crippen LogP contribution in [0.25, 0.3) is 0 Å². The third-order valence-electron chi connectivity index (χ3n) is 4.55. The second kappa shape index (κ2) is 7.43. The Labute approximate surface area is 112 Å². The third kappa shape index (κ3) is 3.92. The van der Waals surface area contributed by atoms with Crippen molar-refractivity contribution in [2.45, 2.75) is 63.3 Å². The number of methoxy groups -OCH3 is 2. The summed E-state index contributed by atoms with van der Waals surface area (Å²) in [5.41, 5.74) is 5.96. The normalized spacial score (nSPS) is 21.5. The molecule has 0 aliphatic heterocycles. The van der Waals surface area contributed by atoms with Crippen molar-refractivity contribution < 1.29 is 9.47 Å². The fourth-order valence-corrected chi connectivity index (χ4v) is 2.90.